The molecule has 0 atom stereocenters. The standard InChI is InChI=1S/C15H22ClN4O.HI/c1-4-20(5-2,6-3)10-11-21-15-12-8-7-9-17-13(12)14(16)18-19-15;/h7-9H,4-6,10-11H2,1-3H3;1H/q+1;/p-1. The summed E-state index contributed by atoms with van der Waals surface area (Å²) in [5.74, 6) is 0.504. The van der Waals surface area contributed by atoms with Gasteiger partial charge < -0.3 is 33.2 Å². The van der Waals surface area contributed by atoms with E-state index < -0.39 is 0 Å². The Morgan fingerprint density at radius 3 is 2.45 bits per heavy atom. The minimum absolute atomic E-state index is 0. The van der Waals surface area contributed by atoms with Gasteiger partial charge in [-0.1, -0.05) is 11.6 Å². The van der Waals surface area contributed by atoms with Gasteiger partial charge in [0.15, 0.2) is 5.15 Å². The van der Waals surface area contributed by atoms with Crippen LogP contribution in [0.25, 0.3) is 10.9 Å². The van der Waals surface area contributed by atoms with Gasteiger partial charge in [0, 0.05) is 6.20 Å². The van der Waals surface area contributed by atoms with Gasteiger partial charge >= 0.3 is 0 Å². The van der Waals surface area contributed by atoms with Gasteiger partial charge in [0.25, 0.3) is 0 Å². The van der Waals surface area contributed by atoms with E-state index in [0.717, 1.165) is 36.0 Å². The first-order valence-corrected chi connectivity index (χ1v) is 7.78. The highest BCUT2D eigenvalue weighted by atomic mass is 127. The zero-order valence-corrected chi connectivity index (χ0v) is 16.1. The van der Waals surface area contributed by atoms with Gasteiger partial charge in [-0.05, 0) is 32.9 Å². The van der Waals surface area contributed by atoms with Gasteiger partial charge in [0.05, 0.1) is 25.0 Å². The van der Waals surface area contributed by atoms with Crippen LogP contribution >= 0.6 is 11.6 Å². The number of ether oxygens (including phenoxy) is 1. The molecule has 7 heteroatoms. The lowest BCUT2D eigenvalue weighted by Crippen LogP contribution is -3.00. The summed E-state index contributed by atoms with van der Waals surface area (Å²) in [7, 11) is 0. The molecular weight excluding hydrogens is 415 g/mol. The first-order chi connectivity index (χ1) is 10.2. The second-order valence-corrected chi connectivity index (χ2v) is 5.42. The zero-order chi connectivity index (χ0) is 15.3. The number of halogens is 2. The maximum absolute atomic E-state index is 6.01. The van der Waals surface area contributed by atoms with Gasteiger partial charge in [-0.15, -0.1) is 10.2 Å². The summed E-state index contributed by atoms with van der Waals surface area (Å²) in [5, 5.41) is 9.07. The molecule has 2 rings (SSSR count). The number of quaternary nitrogens is 1. The molecule has 122 valence electrons. The lowest BCUT2D eigenvalue weighted by molar-refractivity contribution is -0.923. The molecule has 0 saturated heterocycles. The SMILES string of the molecule is CC[N+](CC)(CC)CCOc1nnc(Cl)c2ncccc12.[I-]. The third-order valence-electron chi connectivity index (χ3n) is 4.28. The van der Waals surface area contributed by atoms with E-state index in [1.165, 1.54) is 0 Å². The van der Waals surface area contributed by atoms with Crippen LogP contribution in [0.2, 0.25) is 5.15 Å². The summed E-state index contributed by atoms with van der Waals surface area (Å²) >= 11 is 6.01. The van der Waals surface area contributed by atoms with E-state index in [-0.39, 0.29) is 24.0 Å². The molecule has 0 spiro atoms. The molecule has 2 aromatic rings. The highest BCUT2D eigenvalue weighted by Crippen LogP contribution is 2.25. The molecule has 0 radical (unpaired) electrons. The van der Waals surface area contributed by atoms with Gasteiger partial charge in [0.2, 0.25) is 5.88 Å². The Morgan fingerprint density at radius 2 is 1.82 bits per heavy atom. The van der Waals surface area contributed by atoms with Crippen molar-refractivity contribution in [2.45, 2.75) is 20.8 Å². The van der Waals surface area contributed by atoms with Crippen molar-refractivity contribution in [2.24, 2.45) is 0 Å². The van der Waals surface area contributed by atoms with Crippen molar-refractivity contribution in [3.05, 3.63) is 23.5 Å². The second-order valence-electron chi connectivity index (χ2n) is 5.06. The maximum Gasteiger partial charge on any atom is 0.243 e. The first-order valence-electron chi connectivity index (χ1n) is 7.40. The van der Waals surface area contributed by atoms with Crippen LogP contribution in [0.15, 0.2) is 18.3 Å². The molecular formula is C15H22ClIN4O. The van der Waals surface area contributed by atoms with E-state index in [9.17, 15) is 0 Å². The molecule has 2 aromatic heterocycles. The summed E-state index contributed by atoms with van der Waals surface area (Å²) in [5.41, 5.74) is 0.631. The fourth-order valence-electron chi connectivity index (χ4n) is 2.52. The van der Waals surface area contributed by atoms with Crippen molar-refractivity contribution in [1.82, 2.24) is 15.2 Å². The van der Waals surface area contributed by atoms with Crippen molar-refractivity contribution >= 4 is 22.5 Å². The average molecular weight is 437 g/mol. The van der Waals surface area contributed by atoms with Crippen LogP contribution in [0.5, 0.6) is 5.88 Å². The fourth-order valence-corrected chi connectivity index (χ4v) is 2.71. The third-order valence-corrected chi connectivity index (χ3v) is 4.53. The molecule has 0 bridgehead atoms. The number of hydrogen-bond acceptors (Lipinski definition) is 4. The molecule has 0 fully saturated rings. The Balaban J connectivity index is 0.00000242. The molecule has 0 N–H and O–H groups in total. The van der Waals surface area contributed by atoms with Crippen molar-refractivity contribution in [3.8, 4) is 5.88 Å². The average Bonchev–Trinajstić information content (AvgIpc) is 2.54. The van der Waals surface area contributed by atoms with Crippen LogP contribution in [-0.2, 0) is 0 Å². The van der Waals surface area contributed by atoms with Crippen molar-refractivity contribution in [3.63, 3.8) is 0 Å². The molecule has 0 aliphatic rings. The quantitative estimate of drug-likeness (QED) is 0.451. The van der Waals surface area contributed by atoms with E-state index in [0.29, 0.717) is 23.2 Å². The van der Waals surface area contributed by atoms with Crippen molar-refractivity contribution in [2.75, 3.05) is 32.8 Å². The molecule has 22 heavy (non-hydrogen) atoms. The van der Waals surface area contributed by atoms with Gasteiger partial charge in [-0.2, -0.15) is 0 Å². The number of likely N-dealkylation sites (N-methyl/N-ethyl adjacent to an activating group) is 1. The number of rotatable bonds is 7. The summed E-state index contributed by atoms with van der Waals surface area (Å²) in [4.78, 5) is 4.23. The largest absolute Gasteiger partial charge is 1.00 e. The van der Waals surface area contributed by atoms with Crippen molar-refractivity contribution in [1.29, 1.82) is 0 Å². The predicted octanol–water partition coefficient (Wildman–Crippen LogP) is -0.0625. The van der Waals surface area contributed by atoms with Crippen LogP contribution in [0, 0.1) is 0 Å². The highest BCUT2D eigenvalue weighted by Gasteiger charge is 2.21. The number of fused-ring (bicyclic) bond motifs is 1. The molecule has 0 aliphatic heterocycles. The Labute approximate surface area is 153 Å². The topological polar surface area (TPSA) is 47.9 Å². The van der Waals surface area contributed by atoms with Crippen LogP contribution < -0.4 is 28.7 Å². The normalized spacial score (nSPS) is 11.3. The van der Waals surface area contributed by atoms with Crippen LogP contribution in [0.1, 0.15) is 20.8 Å². The number of hydrogen-bond donors (Lipinski definition) is 0. The van der Waals surface area contributed by atoms with Gasteiger partial charge in [-0.25, -0.2) is 0 Å². The Hall–Kier alpha value is -0.730. The number of nitrogens with zero attached hydrogens (tertiary/aromatic N) is 4. The molecule has 2 heterocycles. The minimum atomic E-state index is 0. The Kier molecular flexibility index (Phi) is 7.71. The monoisotopic (exact) mass is 436 g/mol. The maximum atomic E-state index is 6.01. The van der Waals surface area contributed by atoms with Crippen LogP contribution in [0.4, 0.5) is 0 Å². The van der Waals surface area contributed by atoms with Gasteiger partial charge in [0.1, 0.15) is 18.7 Å². The smallest absolute Gasteiger partial charge is 0.243 e. The van der Waals surface area contributed by atoms with E-state index in [4.69, 9.17) is 16.3 Å². The first kappa shape index (κ1) is 19.3. The Morgan fingerprint density at radius 1 is 1.14 bits per heavy atom. The van der Waals surface area contributed by atoms with E-state index in [2.05, 4.69) is 36.0 Å². The van der Waals surface area contributed by atoms with E-state index in [1.54, 1.807) is 6.20 Å². The lowest BCUT2D eigenvalue weighted by atomic mass is 10.3. The summed E-state index contributed by atoms with van der Waals surface area (Å²) in [6.45, 7) is 11.5. The molecule has 0 saturated carbocycles. The van der Waals surface area contributed by atoms with Crippen LogP contribution in [-0.4, -0.2) is 52.5 Å². The second kappa shape index (κ2) is 8.79. The summed E-state index contributed by atoms with van der Waals surface area (Å²) in [6, 6.07) is 3.75. The fraction of sp³-hybridized carbons (Fsp3) is 0.533. The molecule has 5 nitrogen and oxygen atoms in total. The molecule has 0 amide bonds. The lowest BCUT2D eigenvalue weighted by Gasteiger charge is -2.35. The van der Waals surface area contributed by atoms with Gasteiger partial charge in [-0.3, -0.25) is 4.98 Å². The van der Waals surface area contributed by atoms with Crippen LogP contribution in [0.3, 0.4) is 0 Å². The third kappa shape index (κ3) is 4.17. The molecule has 0 aromatic carbocycles. The predicted molar refractivity (Wildman–Crippen MR) is 84.6 cm³/mol. The molecule has 0 aliphatic carbocycles. The Bertz CT molecular complexity index is 599. The molecule has 0 unspecified atom stereocenters. The number of aromatic nitrogens is 3. The van der Waals surface area contributed by atoms with E-state index >= 15 is 0 Å². The zero-order valence-electron chi connectivity index (χ0n) is 13.2. The minimum Gasteiger partial charge on any atom is -1.00 e. The summed E-state index contributed by atoms with van der Waals surface area (Å²) < 4.78 is 6.89. The highest BCUT2D eigenvalue weighted by molar-refractivity contribution is 6.33. The number of pyridine rings is 1. The van der Waals surface area contributed by atoms with E-state index in [1.807, 2.05) is 12.1 Å². The summed E-state index contributed by atoms with van der Waals surface area (Å²) in [6.07, 6.45) is 1.69. The van der Waals surface area contributed by atoms with Crippen molar-refractivity contribution < 1.29 is 33.2 Å².